The van der Waals surface area contributed by atoms with Crippen molar-refractivity contribution < 1.29 is 5.11 Å². The van der Waals surface area contributed by atoms with Gasteiger partial charge >= 0.3 is 0 Å². The second-order valence-electron chi connectivity index (χ2n) is 4.26. The molecule has 1 saturated heterocycles. The van der Waals surface area contributed by atoms with E-state index in [1.165, 1.54) is 0 Å². The fourth-order valence-corrected chi connectivity index (χ4v) is 2.00. The molecule has 1 aliphatic rings. The van der Waals surface area contributed by atoms with Gasteiger partial charge in [0.05, 0.1) is 5.69 Å². The number of nitrogen functional groups attached to an aromatic ring is 2. The van der Waals surface area contributed by atoms with E-state index in [-0.39, 0.29) is 6.61 Å². The van der Waals surface area contributed by atoms with Crippen molar-refractivity contribution in [2.24, 2.45) is 5.92 Å². The molecule has 2 rings (SSSR count). The van der Waals surface area contributed by atoms with E-state index >= 15 is 0 Å². The number of pyridine rings is 1. The highest BCUT2D eigenvalue weighted by Crippen LogP contribution is 2.23. The first kappa shape index (κ1) is 11.0. The highest BCUT2D eigenvalue weighted by Gasteiger charge is 2.19. The van der Waals surface area contributed by atoms with Gasteiger partial charge in [-0.15, -0.1) is 0 Å². The Hall–Kier alpha value is -1.49. The lowest BCUT2D eigenvalue weighted by molar-refractivity contribution is 0.203. The molecule has 0 radical (unpaired) electrons. The maximum atomic E-state index is 9.06. The topological polar surface area (TPSA) is 88.4 Å². The van der Waals surface area contributed by atoms with E-state index in [0.717, 1.165) is 31.7 Å². The van der Waals surface area contributed by atoms with Gasteiger partial charge in [0.15, 0.2) is 0 Å². The number of anilines is 3. The summed E-state index contributed by atoms with van der Waals surface area (Å²) >= 11 is 0. The fourth-order valence-electron chi connectivity index (χ4n) is 2.00. The molecule has 5 nitrogen and oxygen atoms in total. The zero-order chi connectivity index (χ0) is 11.5. The Morgan fingerprint density at radius 3 is 2.56 bits per heavy atom. The standard InChI is InChI=1S/C11H18N4O/c12-9-1-2-10(14-11(9)13)15-5-3-8(7-16)4-6-15/h1-2,8,16H,3-7,12H2,(H2,13,14). The Balaban J connectivity index is 2.05. The van der Waals surface area contributed by atoms with Gasteiger partial charge in [-0.1, -0.05) is 0 Å². The van der Waals surface area contributed by atoms with Gasteiger partial charge in [0.25, 0.3) is 0 Å². The number of nitrogens with two attached hydrogens (primary N) is 2. The van der Waals surface area contributed by atoms with E-state index in [9.17, 15) is 0 Å². The third kappa shape index (κ3) is 2.19. The number of hydrogen-bond acceptors (Lipinski definition) is 5. The van der Waals surface area contributed by atoms with Gasteiger partial charge in [0.2, 0.25) is 0 Å². The number of rotatable bonds is 2. The van der Waals surface area contributed by atoms with E-state index in [4.69, 9.17) is 16.6 Å². The molecule has 2 heterocycles. The van der Waals surface area contributed by atoms with Crippen LogP contribution >= 0.6 is 0 Å². The third-order valence-electron chi connectivity index (χ3n) is 3.14. The molecule has 0 spiro atoms. The minimum atomic E-state index is 0.283. The molecule has 0 aliphatic carbocycles. The van der Waals surface area contributed by atoms with Crippen molar-refractivity contribution in [3.05, 3.63) is 12.1 Å². The fraction of sp³-hybridized carbons (Fsp3) is 0.545. The highest BCUT2D eigenvalue weighted by atomic mass is 16.3. The van der Waals surface area contributed by atoms with Crippen molar-refractivity contribution in [1.82, 2.24) is 4.98 Å². The number of aliphatic hydroxyl groups excluding tert-OH is 1. The quantitative estimate of drug-likeness (QED) is 0.676. The monoisotopic (exact) mass is 222 g/mol. The summed E-state index contributed by atoms with van der Waals surface area (Å²) in [7, 11) is 0. The average molecular weight is 222 g/mol. The van der Waals surface area contributed by atoms with Gasteiger partial charge in [0.1, 0.15) is 11.6 Å². The molecule has 0 amide bonds. The van der Waals surface area contributed by atoms with Gasteiger partial charge in [0, 0.05) is 19.7 Å². The molecule has 0 atom stereocenters. The minimum absolute atomic E-state index is 0.283. The molecule has 0 unspecified atom stereocenters. The van der Waals surface area contributed by atoms with Crippen LogP contribution in [-0.4, -0.2) is 29.8 Å². The Bertz CT molecular complexity index is 361. The molecule has 0 saturated carbocycles. The maximum absolute atomic E-state index is 9.06. The van der Waals surface area contributed by atoms with Crippen LogP contribution in [0.1, 0.15) is 12.8 Å². The van der Waals surface area contributed by atoms with E-state index in [1.54, 1.807) is 6.07 Å². The molecular formula is C11H18N4O. The largest absolute Gasteiger partial charge is 0.396 e. The lowest BCUT2D eigenvalue weighted by atomic mass is 9.98. The van der Waals surface area contributed by atoms with E-state index in [0.29, 0.717) is 17.4 Å². The van der Waals surface area contributed by atoms with Crippen molar-refractivity contribution in [3.8, 4) is 0 Å². The summed E-state index contributed by atoms with van der Waals surface area (Å²) in [5.74, 6) is 1.70. The second-order valence-corrected chi connectivity index (χ2v) is 4.26. The predicted molar refractivity (Wildman–Crippen MR) is 65.1 cm³/mol. The number of hydrogen-bond donors (Lipinski definition) is 3. The summed E-state index contributed by atoms with van der Waals surface area (Å²) in [6.45, 7) is 2.12. The zero-order valence-electron chi connectivity index (χ0n) is 9.26. The zero-order valence-corrected chi connectivity index (χ0v) is 9.26. The van der Waals surface area contributed by atoms with Crippen LogP contribution < -0.4 is 16.4 Å². The lowest BCUT2D eigenvalue weighted by Gasteiger charge is -2.32. The molecule has 16 heavy (non-hydrogen) atoms. The number of aliphatic hydroxyl groups is 1. The second kappa shape index (κ2) is 4.57. The van der Waals surface area contributed by atoms with Crippen molar-refractivity contribution in [2.45, 2.75) is 12.8 Å². The molecule has 1 aliphatic heterocycles. The normalized spacial score (nSPS) is 17.7. The number of nitrogens with zero attached hydrogens (tertiary/aromatic N) is 2. The van der Waals surface area contributed by atoms with Gasteiger partial charge in [-0.05, 0) is 30.9 Å². The minimum Gasteiger partial charge on any atom is -0.396 e. The molecular weight excluding hydrogens is 204 g/mol. The van der Waals surface area contributed by atoms with Gasteiger partial charge in [-0.25, -0.2) is 4.98 Å². The molecule has 88 valence electrons. The van der Waals surface area contributed by atoms with Crippen molar-refractivity contribution in [1.29, 1.82) is 0 Å². The van der Waals surface area contributed by atoms with Crippen LogP contribution in [0.15, 0.2) is 12.1 Å². The van der Waals surface area contributed by atoms with Crippen LogP contribution in [0.3, 0.4) is 0 Å². The first-order valence-corrected chi connectivity index (χ1v) is 5.58. The highest BCUT2D eigenvalue weighted by molar-refractivity contribution is 5.62. The van der Waals surface area contributed by atoms with E-state index in [1.807, 2.05) is 6.07 Å². The van der Waals surface area contributed by atoms with Crippen LogP contribution in [0.5, 0.6) is 0 Å². The van der Waals surface area contributed by atoms with Crippen molar-refractivity contribution >= 4 is 17.3 Å². The summed E-state index contributed by atoms with van der Waals surface area (Å²) in [5.41, 5.74) is 11.8. The van der Waals surface area contributed by atoms with Crippen LogP contribution in [0.4, 0.5) is 17.3 Å². The van der Waals surface area contributed by atoms with Crippen LogP contribution in [0.2, 0.25) is 0 Å². The summed E-state index contributed by atoms with van der Waals surface area (Å²) < 4.78 is 0. The van der Waals surface area contributed by atoms with Crippen molar-refractivity contribution in [2.75, 3.05) is 36.1 Å². The predicted octanol–water partition coefficient (Wildman–Crippen LogP) is 0.455. The van der Waals surface area contributed by atoms with Gasteiger partial charge in [-0.3, -0.25) is 0 Å². The molecule has 0 bridgehead atoms. The lowest BCUT2D eigenvalue weighted by Crippen LogP contribution is -2.35. The Kier molecular flexibility index (Phi) is 3.14. The third-order valence-corrected chi connectivity index (χ3v) is 3.14. The number of aromatic nitrogens is 1. The Morgan fingerprint density at radius 1 is 1.31 bits per heavy atom. The summed E-state index contributed by atoms with van der Waals surface area (Å²) in [4.78, 5) is 6.45. The van der Waals surface area contributed by atoms with Crippen LogP contribution in [-0.2, 0) is 0 Å². The van der Waals surface area contributed by atoms with E-state index in [2.05, 4.69) is 9.88 Å². The molecule has 0 aromatic carbocycles. The van der Waals surface area contributed by atoms with Gasteiger partial charge in [-0.2, -0.15) is 0 Å². The molecule has 1 aromatic heterocycles. The SMILES string of the molecule is Nc1ccc(N2CCC(CO)CC2)nc1N. The first-order valence-electron chi connectivity index (χ1n) is 5.58. The molecule has 5 heteroatoms. The van der Waals surface area contributed by atoms with Crippen molar-refractivity contribution in [3.63, 3.8) is 0 Å². The summed E-state index contributed by atoms with van der Waals surface area (Å²) in [5, 5.41) is 9.06. The molecule has 1 aromatic rings. The van der Waals surface area contributed by atoms with E-state index < -0.39 is 0 Å². The molecule has 5 N–H and O–H groups in total. The van der Waals surface area contributed by atoms with Crippen LogP contribution in [0, 0.1) is 5.92 Å². The Morgan fingerprint density at radius 2 is 2.00 bits per heavy atom. The first-order chi connectivity index (χ1) is 7.70. The maximum Gasteiger partial charge on any atom is 0.149 e. The van der Waals surface area contributed by atoms with Crippen LogP contribution in [0.25, 0.3) is 0 Å². The number of piperidine rings is 1. The summed E-state index contributed by atoms with van der Waals surface area (Å²) in [6.07, 6.45) is 2.00. The van der Waals surface area contributed by atoms with Gasteiger partial charge < -0.3 is 21.5 Å². The Labute approximate surface area is 95.1 Å². The average Bonchev–Trinajstić information content (AvgIpc) is 2.33. The smallest absolute Gasteiger partial charge is 0.149 e. The molecule has 1 fully saturated rings. The summed E-state index contributed by atoms with van der Waals surface area (Å²) in [6, 6.07) is 3.68.